The van der Waals surface area contributed by atoms with E-state index < -0.39 is 0 Å². The number of nitrogens with one attached hydrogen (secondary N) is 2. The van der Waals surface area contributed by atoms with Gasteiger partial charge in [0.15, 0.2) is 0 Å². The minimum Gasteiger partial charge on any atom is -0.270 e. The molecule has 4 heteroatoms. The van der Waals surface area contributed by atoms with E-state index in [1.54, 1.807) is 0 Å². The van der Waals surface area contributed by atoms with Gasteiger partial charge in [0, 0.05) is 0 Å². The number of nitrogens with two attached hydrogens (primary N) is 2. The van der Waals surface area contributed by atoms with E-state index in [1.807, 2.05) is 0 Å². The zero-order chi connectivity index (χ0) is 4.12. The third-order valence-electron chi connectivity index (χ3n) is 0.167. The highest BCUT2D eigenvalue weighted by atomic mass is 15.4. The Morgan fingerprint density at radius 2 is 1.60 bits per heavy atom. The van der Waals surface area contributed by atoms with Gasteiger partial charge in [-0.2, -0.15) is 0 Å². The molecule has 0 saturated heterocycles. The number of hydrogen-bond acceptors (Lipinski definition) is 4. The summed E-state index contributed by atoms with van der Waals surface area (Å²) in [6.45, 7) is 1.31. The van der Waals surface area contributed by atoms with Crippen LogP contribution in [0.25, 0.3) is 0 Å². The Balaban J connectivity index is 2.19. The highest BCUT2D eigenvalue weighted by Crippen LogP contribution is 1.33. The van der Waals surface area contributed by atoms with Gasteiger partial charge in [-0.3, -0.25) is 11.7 Å². The fourth-order valence-electron chi connectivity index (χ4n) is 0.0481. The maximum absolute atomic E-state index is 4.69. The Hall–Kier alpha value is -0.160. The summed E-state index contributed by atoms with van der Waals surface area (Å²) >= 11 is 0. The fraction of sp³-hybridized carbons (Fsp3) is 0. The molecular weight excluding hydrogens is 68.0 g/mol. The molecule has 0 unspecified atom stereocenters. The van der Waals surface area contributed by atoms with Crippen LogP contribution in [0.5, 0.6) is 0 Å². The van der Waals surface area contributed by atoms with Crippen LogP contribution in [0.4, 0.5) is 0 Å². The first-order chi connectivity index (χ1) is 2.41. The van der Waals surface area contributed by atoms with Gasteiger partial charge in [-0.05, 0) is 0 Å². The van der Waals surface area contributed by atoms with Gasteiger partial charge in [-0.15, -0.1) is 0 Å². The summed E-state index contributed by atoms with van der Waals surface area (Å²) in [4.78, 5) is 0. The highest BCUT2D eigenvalue weighted by Gasteiger charge is 1.62. The van der Waals surface area contributed by atoms with Crippen molar-refractivity contribution in [3.05, 3.63) is 6.67 Å². The van der Waals surface area contributed by atoms with Crippen molar-refractivity contribution in [3.63, 3.8) is 0 Å². The maximum Gasteiger partial charge on any atom is 0.113 e. The van der Waals surface area contributed by atoms with Gasteiger partial charge in [-0.1, -0.05) is 0 Å². The molecule has 31 valence electrons. The normalized spacial score (nSPS) is 8.40. The summed E-state index contributed by atoms with van der Waals surface area (Å²) in [7, 11) is 0. The Labute approximate surface area is 30.5 Å². The van der Waals surface area contributed by atoms with E-state index in [9.17, 15) is 0 Å². The van der Waals surface area contributed by atoms with Crippen LogP contribution in [0.2, 0.25) is 0 Å². The SMILES string of the molecule is NN[CH]NN. The molecule has 0 amide bonds. The molecule has 6 N–H and O–H groups in total. The number of rotatable bonds is 2. The Bertz CT molecular complexity index is 11.1. The van der Waals surface area contributed by atoms with Crippen LogP contribution in [0, 0.1) is 6.67 Å². The monoisotopic (exact) mass is 75.1 g/mol. The highest BCUT2D eigenvalue weighted by molar-refractivity contribution is 4.39. The lowest BCUT2D eigenvalue weighted by atomic mass is 11.2. The molecule has 1 radical (unpaired) electrons. The van der Waals surface area contributed by atoms with Gasteiger partial charge < -0.3 is 0 Å². The molecule has 0 aromatic heterocycles. The Morgan fingerprint density at radius 1 is 1.20 bits per heavy atom. The van der Waals surface area contributed by atoms with Crippen LogP contribution in [0.3, 0.4) is 0 Å². The second-order valence-corrected chi connectivity index (χ2v) is 0.478. The predicted octanol–water partition coefficient (Wildman–Crippen LogP) is -1.97. The average Bonchev–Trinajstić information content (AvgIpc) is 1.41. The van der Waals surface area contributed by atoms with Crippen LogP contribution in [-0.2, 0) is 0 Å². The molecule has 0 atom stereocenters. The molecule has 0 spiro atoms. The molecule has 0 saturated carbocycles. The van der Waals surface area contributed by atoms with Gasteiger partial charge in [0.2, 0.25) is 0 Å². The van der Waals surface area contributed by atoms with Gasteiger partial charge in [-0.25, -0.2) is 10.9 Å². The van der Waals surface area contributed by atoms with Crippen molar-refractivity contribution >= 4 is 0 Å². The second-order valence-electron chi connectivity index (χ2n) is 0.478. The van der Waals surface area contributed by atoms with Crippen molar-refractivity contribution in [3.8, 4) is 0 Å². The summed E-state index contributed by atoms with van der Waals surface area (Å²) in [6.07, 6.45) is 0. The van der Waals surface area contributed by atoms with E-state index in [0.717, 1.165) is 0 Å². The van der Waals surface area contributed by atoms with E-state index in [0.29, 0.717) is 0 Å². The molecule has 5 heavy (non-hydrogen) atoms. The zero-order valence-corrected chi connectivity index (χ0v) is 2.73. The number of hydrazine groups is 2. The molecule has 0 aromatic rings. The first-order valence-corrected chi connectivity index (χ1v) is 1.15. The minimum atomic E-state index is 1.31. The lowest BCUT2D eigenvalue weighted by Crippen LogP contribution is -2.31. The minimum absolute atomic E-state index is 1.31. The van der Waals surface area contributed by atoms with Crippen molar-refractivity contribution in [1.29, 1.82) is 0 Å². The molecule has 0 aliphatic rings. The molecule has 0 fully saturated rings. The molecule has 0 aliphatic heterocycles. The predicted molar refractivity (Wildman–Crippen MR) is 18.9 cm³/mol. The van der Waals surface area contributed by atoms with Crippen LogP contribution in [0.1, 0.15) is 0 Å². The summed E-state index contributed by atoms with van der Waals surface area (Å²) in [5, 5.41) is 0. The second kappa shape index (κ2) is 3.84. The van der Waals surface area contributed by atoms with E-state index in [-0.39, 0.29) is 0 Å². The van der Waals surface area contributed by atoms with Crippen molar-refractivity contribution in [2.75, 3.05) is 0 Å². The van der Waals surface area contributed by atoms with E-state index >= 15 is 0 Å². The standard InChI is InChI=1S/CH7N4/c2-4-1-5-3/h1,4-5H,2-3H2. The first-order valence-electron chi connectivity index (χ1n) is 1.15. The molecule has 0 aliphatic carbocycles. The maximum atomic E-state index is 4.69. The van der Waals surface area contributed by atoms with Crippen molar-refractivity contribution < 1.29 is 0 Å². The lowest BCUT2D eigenvalue weighted by Gasteiger charge is -1.87. The fourth-order valence-corrected chi connectivity index (χ4v) is 0.0481. The average molecular weight is 75.1 g/mol. The zero-order valence-electron chi connectivity index (χ0n) is 2.73. The third kappa shape index (κ3) is 3.84. The van der Waals surface area contributed by atoms with Crippen molar-refractivity contribution in [2.45, 2.75) is 0 Å². The molecule has 0 heterocycles. The molecule has 0 rings (SSSR count). The summed E-state index contributed by atoms with van der Waals surface area (Å²) in [6, 6.07) is 0. The smallest absolute Gasteiger partial charge is 0.113 e. The van der Waals surface area contributed by atoms with E-state index in [1.165, 1.54) is 6.67 Å². The Kier molecular flexibility index (Phi) is 3.72. The topological polar surface area (TPSA) is 76.1 Å². The quantitative estimate of drug-likeness (QED) is 0.227. The van der Waals surface area contributed by atoms with Crippen LogP contribution in [-0.4, -0.2) is 0 Å². The molecule has 0 bridgehead atoms. The van der Waals surface area contributed by atoms with E-state index in [4.69, 9.17) is 11.7 Å². The third-order valence-corrected chi connectivity index (χ3v) is 0.167. The summed E-state index contributed by atoms with van der Waals surface area (Å²) in [5.74, 6) is 9.38. The molecular formula is CH7N4. The largest absolute Gasteiger partial charge is 0.270 e. The van der Waals surface area contributed by atoms with Crippen LogP contribution < -0.4 is 22.5 Å². The summed E-state index contributed by atoms with van der Waals surface area (Å²) in [5.41, 5.74) is 4.31. The molecule has 4 nitrogen and oxygen atoms in total. The van der Waals surface area contributed by atoms with Gasteiger partial charge in [0.05, 0.1) is 0 Å². The van der Waals surface area contributed by atoms with Gasteiger partial charge >= 0.3 is 0 Å². The van der Waals surface area contributed by atoms with Gasteiger partial charge in [0.1, 0.15) is 6.67 Å². The van der Waals surface area contributed by atoms with E-state index in [2.05, 4.69) is 10.9 Å². The molecule has 0 aromatic carbocycles. The van der Waals surface area contributed by atoms with Crippen LogP contribution >= 0.6 is 0 Å². The summed E-state index contributed by atoms with van der Waals surface area (Å²) < 4.78 is 0. The Morgan fingerprint density at radius 3 is 1.60 bits per heavy atom. The first kappa shape index (κ1) is 4.84. The van der Waals surface area contributed by atoms with Gasteiger partial charge in [0.25, 0.3) is 0 Å². The lowest BCUT2D eigenvalue weighted by molar-refractivity contribution is 0.727. The number of hydrogen-bond donors (Lipinski definition) is 4. The van der Waals surface area contributed by atoms with Crippen molar-refractivity contribution in [1.82, 2.24) is 10.9 Å². The van der Waals surface area contributed by atoms with Crippen LogP contribution in [0.15, 0.2) is 0 Å². The van der Waals surface area contributed by atoms with Crippen molar-refractivity contribution in [2.24, 2.45) is 11.7 Å².